The molecule has 1 heterocycles. The zero-order valence-corrected chi connectivity index (χ0v) is 18.8. The van der Waals surface area contributed by atoms with Crippen LogP contribution in [0, 0.1) is 0 Å². The first-order valence-electron chi connectivity index (χ1n) is 10.1. The lowest BCUT2D eigenvalue weighted by Crippen LogP contribution is -2.33. The number of ether oxygens (including phenoxy) is 5. The standard InChI is InChI=1S/C23H33N3O5/c1-6-7-18(2)26(4)25-23(30-15-19-8-10-20(27-5)11-9-19)14-22(24-3)31-17-21-16-28-12-13-29-21/h6-11,14,21,24H,1,12-13,15-17H2,2-5H3/b18-7-,22-14+,25-23+. The number of hydrogen-bond acceptors (Lipinski definition) is 8. The number of nitrogens with zero attached hydrogens (tertiary/aromatic N) is 2. The van der Waals surface area contributed by atoms with E-state index in [-0.39, 0.29) is 6.10 Å². The fourth-order valence-corrected chi connectivity index (χ4v) is 2.60. The van der Waals surface area contributed by atoms with Crippen molar-refractivity contribution in [1.82, 2.24) is 10.3 Å². The summed E-state index contributed by atoms with van der Waals surface area (Å²) < 4.78 is 28.1. The molecular weight excluding hydrogens is 398 g/mol. The van der Waals surface area contributed by atoms with Gasteiger partial charge < -0.3 is 29.0 Å². The molecule has 0 aromatic heterocycles. The van der Waals surface area contributed by atoms with Gasteiger partial charge in [0.2, 0.25) is 5.90 Å². The van der Waals surface area contributed by atoms with E-state index in [2.05, 4.69) is 17.0 Å². The second kappa shape index (κ2) is 13.4. The third kappa shape index (κ3) is 8.74. The van der Waals surface area contributed by atoms with Crippen molar-refractivity contribution in [2.24, 2.45) is 5.10 Å². The summed E-state index contributed by atoms with van der Waals surface area (Å²) in [4.78, 5) is 0. The lowest BCUT2D eigenvalue weighted by molar-refractivity contribution is -0.109. The van der Waals surface area contributed by atoms with Crippen molar-refractivity contribution < 1.29 is 23.7 Å². The van der Waals surface area contributed by atoms with Crippen molar-refractivity contribution in [3.8, 4) is 5.75 Å². The quantitative estimate of drug-likeness (QED) is 0.190. The molecule has 0 amide bonds. The number of hydrogen-bond donors (Lipinski definition) is 1. The van der Waals surface area contributed by atoms with Crippen LogP contribution in [0.4, 0.5) is 0 Å². The van der Waals surface area contributed by atoms with Crippen LogP contribution in [0.3, 0.4) is 0 Å². The first-order chi connectivity index (χ1) is 15.0. The molecule has 1 saturated heterocycles. The summed E-state index contributed by atoms with van der Waals surface area (Å²) in [7, 11) is 5.25. The Labute approximate surface area is 184 Å². The summed E-state index contributed by atoms with van der Waals surface area (Å²) >= 11 is 0. The van der Waals surface area contributed by atoms with Crippen LogP contribution in [0.2, 0.25) is 0 Å². The van der Waals surface area contributed by atoms with E-state index in [0.29, 0.717) is 44.8 Å². The van der Waals surface area contributed by atoms with Gasteiger partial charge in [-0.15, -0.1) is 5.10 Å². The zero-order valence-electron chi connectivity index (χ0n) is 18.8. The molecule has 1 aliphatic heterocycles. The maximum absolute atomic E-state index is 5.99. The normalized spacial score (nSPS) is 17.7. The maximum atomic E-state index is 5.99. The predicted octanol–water partition coefficient (Wildman–Crippen LogP) is 3.04. The van der Waals surface area contributed by atoms with Gasteiger partial charge in [0.25, 0.3) is 0 Å². The molecule has 1 aromatic rings. The molecule has 1 aromatic carbocycles. The van der Waals surface area contributed by atoms with E-state index in [9.17, 15) is 0 Å². The molecule has 2 rings (SSSR count). The van der Waals surface area contributed by atoms with Crippen molar-refractivity contribution in [2.75, 3.05) is 47.6 Å². The van der Waals surface area contributed by atoms with E-state index >= 15 is 0 Å². The van der Waals surface area contributed by atoms with Crippen molar-refractivity contribution >= 4 is 5.90 Å². The Balaban J connectivity index is 2.12. The van der Waals surface area contributed by atoms with Crippen LogP contribution in [0.1, 0.15) is 12.5 Å². The number of nitrogens with one attached hydrogen (secondary N) is 1. The molecular formula is C23H33N3O5. The number of rotatable bonds is 11. The van der Waals surface area contributed by atoms with Gasteiger partial charge in [0.15, 0.2) is 5.88 Å². The van der Waals surface area contributed by atoms with Gasteiger partial charge in [-0.2, -0.15) is 0 Å². The van der Waals surface area contributed by atoms with Crippen molar-refractivity contribution in [2.45, 2.75) is 19.6 Å². The molecule has 0 saturated carbocycles. The maximum Gasteiger partial charge on any atom is 0.236 e. The summed E-state index contributed by atoms with van der Waals surface area (Å²) in [6.07, 6.45) is 5.19. The summed E-state index contributed by atoms with van der Waals surface area (Å²) in [6, 6.07) is 7.68. The second-order valence-electron chi connectivity index (χ2n) is 6.78. The first kappa shape index (κ1) is 24.3. The number of benzene rings is 1. The smallest absolute Gasteiger partial charge is 0.236 e. The number of allylic oxidation sites excluding steroid dienone is 3. The largest absolute Gasteiger partial charge is 0.497 e. The lowest BCUT2D eigenvalue weighted by Gasteiger charge is -2.23. The van der Waals surface area contributed by atoms with Gasteiger partial charge in [-0.25, -0.2) is 0 Å². The van der Waals surface area contributed by atoms with Crippen molar-refractivity contribution in [3.63, 3.8) is 0 Å². The summed E-state index contributed by atoms with van der Waals surface area (Å²) in [5, 5.41) is 9.31. The Kier molecular flexibility index (Phi) is 10.5. The zero-order chi connectivity index (χ0) is 22.5. The third-order valence-electron chi connectivity index (χ3n) is 4.47. The van der Waals surface area contributed by atoms with Gasteiger partial charge in [-0.3, -0.25) is 5.01 Å². The number of methoxy groups -OCH3 is 1. The molecule has 8 heteroatoms. The highest BCUT2D eigenvalue weighted by molar-refractivity contribution is 5.87. The summed E-state index contributed by atoms with van der Waals surface area (Å²) in [5.74, 6) is 1.70. The minimum atomic E-state index is -0.105. The third-order valence-corrected chi connectivity index (χ3v) is 4.47. The minimum absolute atomic E-state index is 0.105. The molecule has 1 unspecified atom stereocenters. The molecule has 1 N–H and O–H groups in total. The fourth-order valence-electron chi connectivity index (χ4n) is 2.60. The summed E-state index contributed by atoms with van der Waals surface area (Å²) in [5.41, 5.74) is 1.90. The van der Waals surface area contributed by atoms with Crippen LogP contribution in [0.5, 0.6) is 5.75 Å². The number of hydrazone groups is 1. The molecule has 0 bridgehead atoms. The molecule has 1 aliphatic rings. The van der Waals surface area contributed by atoms with E-state index in [4.69, 9.17) is 23.7 Å². The first-order valence-corrected chi connectivity index (χ1v) is 10.1. The molecule has 170 valence electrons. The van der Waals surface area contributed by atoms with Gasteiger partial charge in [-0.05, 0) is 30.7 Å². The topological polar surface area (TPSA) is 73.8 Å². The molecule has 1 fully saturated rings. The van der Waals surface area contributed by atoms with E-state index in [1.165, 1.54) is 0 Å². The van der Waals surface area contributed by atoms with Gasteiger partial charge in [-0.1, -0.05) is 24.8 Å². The predicted molar refractivity (Wildman–Crippen MR) is 121 cm³/mol. The Hall–Kier alpha value is -2.97. The highest BCUT2D eigenvalue weighted by atomic mass is 16.6. The fraction of sp³-hybridized carbons (Fsp3) is 0.435. The Bertz CT molecular complexity index is 768. The van der Waals surface area contributed by atoms with Crippen LogP contribution in [-0.4, -0.2) is 64.6 Å². The molecule has 1 atom stereocenters. The average Bonchev–Trinajstić information content (AvgIpc) is 2.81. The molecule has 8 nitrogen and oxygen atoms in total. The highest BCUT2D eigenvalue weighted by Gasteiger charge is 2.16. The van der Waals surface area contributed by atoms with Crippen LogP contribution < -0.4 is 10.1 Å². The van der Waals surface area contributed by atoms with Crippen LogP contribution in [-0.2, 0) is 25.6 Å². The van der Waals surface area contributed by atoms with E-state index in [1.54, 1.807) is 31.3 Å². The molecule has 0 radical (unpaired) electrons. The van der Waals surface area contributed by atoms with Gasteiger partial charge in [0.1, 0.15) is 25.1 Å². The lowest BCUT2D eigenvalue weighted by atomic mass is 10.2. The van der Waals surface area contributed by atoms with E-state index in [0.717, 1.165) is 17.0 Å². The molecule has 0 aliphatic carbocycles. The molecule has 0 spiro atoms. The van der Waals surface area contributed by atoms with Crippen molar-refractivity contribution in [3.05, 3.63) is 66.2 Å². The Morgan fingerprint density at radius 3 is 2.68 bits per heavy atom. The van der Waals surface area contributed by atoms with Crippen molar-refractivity contribution in [1.29, 1.82) is 0 Å². The second-order valence-corrected chi connectivity index (χ2v) is 6.78. The SMILES string of the molecule is C=C/C=C(/C)N(C)/N=C(\C=C(/NC)OCC1COCCO1)OCc1ccc(OC)cc1. The molecule has 31 heavy (non-hydrogen) atoms. The van der Waals surface area contributed by atoms with E-state index < -0.39 is 0 Å². The van der Waals surface area contributed by atoms with Gasteiger partial charge >= 0.3 is 0 Å². The van der Waals surface area contributed by atoms with Crippen LogP contribution >= 0.6 is 0 Å². The minimum Gasteiger partial charge on any atom is -0.497 e. The van der Waals surface area contributed by atoms with E-state index in [1.807, 2.05) is 44.3 Å². The average molecular weight is 432 g/mol. The van der Waals surface area contributed by atoms with Crippen LogP contribution in [0.25, 0.3) is 0 Å². The monoisotopic (exact) mass is 431 g/mol. The Morgan fingerprint density at radius 2 is 2.06 bits per heavy atom. The van der Waals surface area contributed by atoms with Gasteiger partial charge in [0.05, 0.1) is 33.0 Å². The van der Waals surface area contributed by atoms with Crippen LogP contribution in [0.15, 0.2) is 65.8 Å². The Morgan fingerprint density at radius 1 is 1.29 bits per heavy atom. The highest BCUT2D eigenvalue weighted by Crippen LogP contribution is 2.13. The summed E-state index contributed by atoms with van der Waals surface area (Å²) in [6.45, 7) is 8.07. The van der Waals surface area contributed by atoms with Gasteiger partial charge in [0, 0.05) is 19.8 Å².